The fraction of sp³-hybridized carbons (Fsp3) is 0.471. The lowest BCUT2D eigenvalue weighted by Gasteiger charge is -2.17. The molecule has 23 heavy (non-hydrogen) atoms. The van der Waals surface area contributed by atoms with Crippen molar-refractivity contribution in [3.63, 3.8) is 0 Å². The van der Waals surface area contributed by atoms with Crippen LogP contribution in [-0.2, 0) is 30.0 Å². The summed E-state index contributed by atoms with van der Waals surface area (Å²) in [7, 11) is -0.0484. The molecule has 0 aliphatic rings. The molecular weight excluding hydrogens is 310 g/mol. The molecule has 0 atom stereocenters. The number of aromatic nitrogens is 2. The lowest BCUT2D eigenvalue weighted by Crippen LogP contribution is -2.26. The maximum atomic E-state index is 12.7. The Kier molecular flexibility index (Phi) is 5.59. The zero-order chi connectivity index (χ0) is 17.0. The molecule has 0 aliphatic carbocycles. The van der Waals surface area contributed by atoms with Crippen LogP contribution in [0, 0.1) is 6.92 Å². The lowest BCUT2D eigenvalue weighted by molar-refractivity contribution is 0.466. The molecule has 1 aromatic heterocycles. The predicted octanol–water partition coefficient (Wildman–Crippen LogP) is 2.89. The molecule has 6 heteroatoms. The highest BCUT2D eigenvalue weighted by Gasteiger charge is 2.22. The number of sulfonamides is 1. The van der Waals surface area contributed by atoms with E-state index in [1.165, 1.54) is 9.87 Å². The monoisotopic (exact) mass is 335 g/mol. The van der Waals surface area contributed by atoms with E-state index in [1.54, 1.807) is 23.9 Å². The molecule has 0 aliphatic heterocycles. The first-order valence-corrected chi connectivity index (χ1v) is 9.33. The van der Waals surface area contributed by atoms with Crippen LogP contribution in [0.15, 0.2) is 35.4 Å². The smallest absolute Gasteiger partial charge is 0.243 e. The first-order chi connectivity index (χ1) is 10.8. The van der Waals surface area contributed by atoms with Crippen LogP contribution in [-0.4, -0.2) is 29.6 Å². The molecule has 0 radical (unpaired) electrons. The minimum atomic E-state index is -3.49. The topological polar surface area (TPSA) is 55.2 Å². The predicted molar refractivity (Wildman–Crippen MR) is 91.7 cm³/mol. The fourth-order valence-electron chi connectivity index (χ4n) is 2.52. The zero-order valence-corrected chi connectivity index (χ0v) is 15.1. The maximum absolute atomic E-state index is 12.7. The Labute approximate surface area is 139 Å². The zero-order valence-electron chi connectivity index (χ0n) is 14.3. The molecule has 0 unspecified atom stereocenters. The molecule has 2 aromatic rings. The maximum Gasteiger partial charge on any atom is 0.243 e. The Morgan fingerprint density at radius 3 is 2.39 bits per heavy atom. The largest absolute Gasteiger partial charge is 0.275 e. The number of benzene rings is 1. The van der Waals surface area contributed by atoms with Crippen molar-refractivity contribution in [1.29, 1.82) is 0 Å². The van der Waals surface area contributed by atoms with Crippen molar-refractivity contribution in [2.45, 2.75) is 44.6 Å². The minimum Gasteiger partial charge on any atom is -0.275 e. The minimum absolute atomic E-state index is 0.319. The average Bonchev–Trinajstić information content (AvgIpc) is 2.83. The summed E-state index contributed by atoms with van der Waals surface area (Å²) in [5, 5.41) is 4.25. The van der Waals surface area contributed by atoms with Gasteiger partial charge in [-0.05, 0) is 37.5 Å². The van der Waals surface area contributed by atoms with Crippen LogP contribution < -0.4 is 0 Å². The highest BCUT2D eigenvalue weighted by molar-refractivity contribution is 7.89. The molecule has 0 spiro atoms. The summed E-state index contributed by atoms with van der Waals surface area (Å²) in [4.78, 5) is 0.335. The molecule has 0 N–H and O–H groups in total. The summed E-state index contributed by atoms with van der Waals surface area (Å²) in [6.45, 7) is 4.35. The first-order valence-electron chi connectivity index (χ1n) is 7.89. The van der Waals surface area contributed by atoms with Crippen LogP contribution in [0.4, 0.5) is 0 Å². The van der Waals surface area contributed by atoms with E-state index >= 15 is 0 Å². The van der Waals surface area contributed by atoms with Crippen LogP contribution in [0.1, 0.15) is 36.6 Å². The van der Waals surface area contributed by atoms with Crippen molar-refractivity contribution in [3.8, 4) is 0 Å². The summed E-state index contributed by atoms with van der Waals surface area (Å²) < 4.78 is 28.4. The summed E-state index contributed by atoms with van der Waals surface area (Å²) in [5.74, 6) is 0. The fourth-order valence-corrected chi connectivity index (χ4v) is 3.67. The molecule has 5 nitrogen and oxygen atoms in total. The van der Waals surface area contributed by atoms with Gasteiger partial charge in [-0.25, -0.2) is 8.42 Å². The molecule has 0 saturated heterocycles. The van der Waals surface area contributed by atoms with Gasteiger partial charge in [-0.1, -0.05) is 25.5 Å². The van der Waals surface area contributed by atoms with Gasteiger partial charge in [0.15, 0.2) is 0 Å². The highest BCUT2D eigenvalue weighted by atomic mass is 32.2. The van der Waals surface area contributed by atoms with E-state index in [1.807, 2.05) is 32.3 Å². The van der Waals surface area contributed by atoms with Crippen molar-refractivity contribution in [2.75, 3.05) is 7.05 Å². The van der Waals surface area contributed by atoms with E-state index in [2.05, 4.69) is 12.0 Å². The van der Waals surface area contributed by atoms with Crippen LogP contribution in [0.25, 0.3) is 0 Å². The standard InChI is InChI=1S/C17H25N3O2S/c1-5-6-7-15-8-10-17(11-9-15)23(21,22)20(4)13-16-12-19(3)18-14(16)2/h8-12H,5-7,13H2,1-4H3. The molecule has 1 heterocycles. The third-order valence-electron chi connectivity index (χ3n) is 3.96. The second-order valence-electron chi connectivity index (χ2n) is 5.92. The summed E-state index contributed by atoms with van der Waals surface area (Å²) in [6.07, 6.45) is 5.09. The van der Waals surface area contributed by atoms with Gasteiger partial charge < -0.3 is 0 Å². The normalized spacial score (nSPS) is 12.0. The Morgan fingerprint density at radius 1 is 1.22 bits per heavy atom. The second-order valence-corrected chi connectivity index (χ2v) is 7.97. The number of nitrogens with zero attached hydrogens (tertiary/aromatic N) is 3. The first kappa shape index (κ1) is 17.7. The van der Waals surface area contributed by atoms with Gasteiger partial charge >= 0.3 is 0 Å². The molecule has 126 valence electrons. The van der Waals surface area contributed by atoms with Gasteiger partial charge in [0.05, 0.1) is 10.6 Å². The van der Waals surface area contributed by atoms with Crippen molar-refractivity contribution in [1.82, 2.24) is 14.1 Å². The molecule has 0 bridgehead atoms. The summed E-state index contributed by atoms with van der Waals surface area (Å²) in [6, 6.07) is 7.22. The summed E-state index contributed by atoms with van der Waals surface area (Å²) >= 11 is 0. The number of hydrogen-bond donors (Lipinski definition) is 0. The van der Waals surface area contributed by atoms with E-state index in [0.717, 1.165) is 30.5 Å². The van der Waals surface area contributed by atoms with Gasteiger partial charge in [0, 0.05) is 32.4 Å². The van der Waals surface area contributed by atoms with Crippen LogP contribution in [0.3, 0.4) is 0 Å². The average molecular weight is 335 g/mol. The Morgan fingerprint density at radius 2 is 1.87 bits per heavy atom. The number of hydrogen-bond acceptors (Lipinski definition) is 3. The van der Waals surface area contributed by atoms with Crippen LogP contribution in [0.2, 0.25) is 0 Å². The number of unbranched alkanes of at least 4 members (excludes halogenated alkanes) is 1. The Balaban J connectivity index is 2.15. The van der Waals surface area contributed by atoms with E-state index in [0.29, 0.717) is 11.4 Å². The van der Waals surface area contributed by atoms with Crippen LogP contribution >= 0.6 is 0 Å². The van der Waals surface area contributed by atoms with Crippen molar-refractivity contribution in [2.24, 2.45) is 7.05 Å². The molecule has 1 aromatic carbocycles. The van der Waals surface area contributed by atoms with Gasteiger partial charge in [-0.2, -0.15) is 9.40 Å². The Hall–Kier alpha value is -1.66. The highest BCUT2D eigenvalue weighted by Crippen LogP contribution is 2.19. The van der Waals surface area contributed by atoms with Crippen molar-refractivity contribution >= 4 is 10.0 Å². The van der Waals surface area contributed by atoms with Gasteiger partial charge in [0.2, 0.25) is 10.0 Å². The molecule has 0 fully saturated rings. The summed E-state index contributed by atoms with van der Waals surface area (Å²) in [5.41, 5.74) is 2.94. The molecule has 0 amide bonds. The van der Waals surface area contributed by atoms with E-state index < -0.39 is 10.0 Å². The van der Waals surface area contributed by atoms with Crippen LogP contribution in [0.5, 0.6) is 0 Å². The van der Waals surface area contributed by atoms with Gasteiger partial charge in [0.25, 0.3) is 0 Å². The van der Waals surface area contributed by atoms with Gasteiger partial charge in [-0.15, -0.1) is 0 Å². The van der Waals surface area contributed by atoms with E-state index in [4.69, 9.17) is 0 Å². The van der Waals surface area contributed by atoms with E-state index in [-0.39, 0.29) is 0 Å². The van der Waals surface area contributed by atoms with Gasteiger partial charge in [0.1, 0.15) is 0 Å². The molecular formula is C17H25N3O2S. The van der Waals surface area contributed by atoms with E-state index in [9.17, 15) is 8.42 Å². The lowest BCUT2D eigenvalue weighted by atomic mass is 10.1. The number of aryl methyl sites for hydroxylation is 3. The Bertz CT molecular complexity index is 749. The second kappa shape index (κ2) is 7.27. The molecule has 0 saturated carbocycles. The van der Waals surface area contributed by atoms with Gasteiger partial charge in [-0.3, -0.25) is 4.68 Å². The SMILES string of the molecule is CCCCc1ccc(S(=O)(=O)N(C)Cc2cn(C)nc2C)cc1. The quantitative estimate of drug-likeness (QED) is 0.782. The third kappa shape index (κ3) is 4.20. The van der Waals surface area contributed by atoms with Crippen molar-refractivity contribution in [3.05, 3.63) is 47.3 Å². The third-order valence-corrected chi connectivity index (χ3v) is 5.78. The molecule has 2 rings (SSSR count). The van der Waals surface area contributed by atoms with Crippen molar-refractivity contribution < 1.29 is 8.42 Å². The number of rotatable bonds is 7.